The van der Waals surface area contributed by atoms with Gasteiger partial charge in [-0.2, -0.15) is 13.2 Å². The Morgan fingerprint density at radius 3 is 2.23 bits per heavy atom. The second kappa shape index (κ2) is 7.57. The van der Waals surface area contributed by atoms with Crippen molar-refractivity contribution in [2.24, 2.45) is 5.41 Å². The van der Waals surface area contributed by atoms with Gasteiger partial charge in [0.15, 0.2) is 0 Å². The lowest BCUT2D eigenvalue weighted by atomic mass is 9.95. The molecule has 0 aromatic carbocycles. The van der Waals surface area contributed by atoms with Crippen molar-refractivity contribution in [1.82, 2.24) is 9.97 Å². The Labute approximate surface area is 138 Å². The van der Waals surface area contributed by atoms with Crippen LogP contribution in [0, 0.1) is 12.3 Å². The van der Waals surface area contributed by atoms with Crippen LogP contribution < -0.4 is 0 Å². The first kappa shape index (κ1) is 19.1. The maximum atomic E-state index is 12.9. The molecule has 0 unspecified atom stereocenters. The van der Waals surface area contributed by atoms with E-state index in [4.69, 9.17) is 0 Å². The molecule has 0 radical (unpaired) electrons. The molecule has 0 spiro atoms. The summed E-state index contributed by atoms with van der Waals surface area (Å²) in [5.41, 5.74) is -0.212. The van der Waals surface area contributed by atoms with Crippen LogP contribution in [0.3, 0.4) is 0 Å². The topological polar surface area (TPSA) is 25.8 Å². The van der Waals surface area contributed by atoms with E-state index >= 15 is 0 Å². The zero-order valence-electron chi connectivity index (χ0n) is 13.4. The normalized spacial score (nSPS) is 16.8. The van der Waals surface area contributed by atoms with Gasteiger partial charge in [0.1, 0.15) is 4.60 Å². The summed E-state index contributed by atoms with van der Waals surface area (Å²) in [4.78, 5) is 8.21. The molecule has 0 atom stereocenters. The van der Waals surface area contributed by atoms with Crippen LogP contribution in [0.4, 0.5) is 13.2 Å². The molecule has 0 saturated heterocycles. The van der Waals surface area contributed by atoms with E-state index in [-0.39, 0.29) is 12.8 Å². The number of allylic oxidation sites excluding steroid dienone is 1. The average Bonchev–Trinajstić information content (AvgIpc) is 3.23. The Balaban J connectivity index is 0.000000541. The molecule has 22 heavy (non-hydrogen) atoms. The molecule has 2 nitrogen and oxygen atoms in total. The Kier molecular flexibility index (Phi) is 6.59. The number of halogens is 4. The minimum Gasteiger partial charge on any atom is -0.252 e. The van der Waals surface area contributed by atoms with Crippen LogP contribution >= 0.6 is 15.9 Å². The van der Waals surface area contributed by atoms with Gasteiger partial charge >= 0.3 is 6.18 Å². The van der Waals surface area contributed by atoms with Gasteiger partial charge in [-0.05, 0) is 48.7 Å². The van der Waals surface area contributed by atoms with Crippen molar-refractivity contribution in [2.75, 3.05) is 0 Å². The highest BCUT2D eigenvalue weighted by Gasteiger charge is 2.64. The van der Waals surface area contributed by atoms with Gasteiger partial charge in [0.2, 0.25) is 0 Å². The highest BCUT2D eigenvalue weighted by atomic mass is 79.9. The third-order valence-corrected chi connectivity index (χ3v) is 4.24. The van der Waals surface area contributed by atoms with Crippen LogP contribution in [-0.2, 0) is 0 Å². The predicted octanol–water partition coefficient (Wildman–Crippen LogP) is 6.10. The fourth-order valence-corrected chi connectivity index (χ4v) is 2.34. The van der Waals surface area contributed by atoms with Crippen LogP contribution in [0.5, 0.6) is 0 Å². The molecule has 0 N–H and O–H groups in total. The fourth-order valence-electron chi connectivity index (χ4n) is 1.97. The van der Waals surface area contributed by atoms with Gasteiger partial charge in [-0.25, -0.2) is 4.98 Å². The molecular formula is C16H22BrF3N2. The summed E-state index contributed by atoms with van der Waals surface area (Å²) in [6.45, 7) is 7.60. The molecular weight excluding hydrogens is 357 g/mol. The summed E-state index contributed by atoms with van der Waals surface area (Å²) in [7, 11) is 0. The van der Waals surface area contributed by atoms with Crippen LogP contribution in [-0.4, -0.2) is 16.1 Å². The minimum atomic E-state index is -4.18. The second-order valence-corrected chi connectivity index (χ2v) is 6.38. The first-order valence-corrected chi connectivity index (χ1v) is 8.22. The molecule has 0 bridgehead atoms. The number of alkyl halides is 3. The molecule has 1 saturated carbocycles. The van der Waals surface area contributed by atoms with Crippen molar-refractivity contribution < 1.29 is 13.2 Å². The minimum absolute atomic E-state index is 0.168. The van der Waals surface area contributed by atoms with Crippen molar-refractivity contribution in [2.45, 2.75) is 59.6 Å². The number of aromatic nitrogens is 2. The molecule has 0 aliphatic heterocycles. The molecule has 0 amide bonds. The molecule has 124 valence electrons. The van der Waals surface area contributed by atoms with E-state index in [1.807, 2.05) is 0 Å². The Morgan fingerprint density at radius 2 is 1.86 bits per heavy atom. The number of nitrogens with zero attached hydrogens (tertiary/aromatic N) is 2. The Morgan fingerprint density at radius 1 is 1.32 bits per heavy atom. The van der Waals surface area contributed by atoms with E-state index in [0.717, 1.165) is 0 Å². The highest BCUT2D eigenvalue weighted by molar-refractivity contribution is 9.10. The van der Waals surface area contributed by atoms with Crippen molar-refractivity contribution in [3.63, 3.8) is 0 Å². The summed E-state index contributed by atoms with van der Waals surface area (Å²) < 4.78 is 39.4. The van der Waals surface area contributed by atoms with E-state index in [9.17, 15) is 13.2 Å². The molecule has 1 aliphatic carbocycles. The molecule has 1 aromatic heterocycles. The van der Waals surface area contributed by atoms with Gasteiger partial charge < -0.3 is 0 Å². The van der Waals surface area contributed by atoms with Crippen LogP contribution in [0.15, 0.2) is 16.4 Å². The van der Waals surface area contributed by atoms with Gasteiger partial charge in [-0.1, -0.05) is 32.3 Å². The van der Waals surface area contributed by atoms with Crippen molar-refractivity contribution in [1.29, 1.82) is 0 Å². The third kappa shape index (κ3) is 4.54. The highest BCUT2D eigenvalue weighted by Crippen LogP contribution is 2.62. The summed E-state index contributed by atoms with van der Waals surface area (Å²) in [6, 6.07) is 0. The van der Waals surface area contributed by atoms with Crippen molar-refractivity contribution >= 4 is 22.0 Å². The van der Waals surface area contributed by atoms with Gasteiger partial charge in [-0.15, -0.1) is 0 Å². The summed E-state index contributed by atoms with van der Waals surface area (Å²) in [5, 5.41) is 0. The summed E-state index contributed by atoms with van der Waals surface area (Å²) in [5.74, 6) is 0. The maximum absolute atomic E-state index is 12.9. The lowest BCUT2D eigenvalue weighted by Gasteiger charge is -2.20. The Hall–Kier alpha value is -0.910. The SMILES string of the molecule is C/C(=C\c1ncc(Br)nc1C)C1(C(F)(F)F)CC1.CCCC. The first-order valence-electron chi connectivity index (χ1n) is 7.42. The maximum Gasteiger partial charge on any atom is 0.398 e. The summed E-state index contributed by atoms with van der Waals surface area (Å²) in [6.07, 6.45) is 1.78. The first-order chi connectivity index (χ1) is 10.2. The van der Waals surface area contributed by atoms with E-state index in [1.54, 1.807) is 6.92 Å². The molecule has 1 heterocycles. The lowest BCUT2D eigenvalue weighted by Crippen LogP contribution is -2.25. The van der Waals surface area contributed by atoms with E-state index in [2.05, 4.69) is 39.7 Å². The van der Waals surface area contributed by atoms with E-state index < -0.39 is 11.6 Å². The number of rotatable bonds is 3. The average molecular weight is 379 g/mol. The number of hydrogen-bond donors (Lipinski definition) is 0. The third-order valence-electron chi connectivity index (χ3n) is 3.86. The standard InChI is InChI=1S/C12H12BrF3N2.C4H10/c1-7(11(3-4-11)12(14,15)16)5-9-8(2)18-10(13)6-17-9;1-3-4-2/h5-6H,3-4H2,1-2H3;3-4H2,1-2H3/b7-5+;. The number of hydrogen-bond acceptors (Lipinski definition) is 2. The van der Waals surface area contributed by atoms with Crippen LogP contribution in [0.1, 0.15) is 57.8 Å². The van der Waals surface area contributed by atoms with Crippen molar-refractivity contribution in [3.05, 3.63) is 27.8 Å². The van der Waals surface area contributed by atoms with Gasteiger partial charge in [-0.3, -0.25) is 4.98 Å². The van der Waals surface area contributed by atoms with Gasteiger partial charge in [0.25, 0.3) is 0 Å². The fraction of sp³-hybridized carbons (Fsp3) is 0.625. The molecule has 1 aromatic rings. The monoisotopic (exact) mass is 378 g/mol. The largest absolute Gasteiger partial charge is 0.398 e. The zero-order valence-corrected chi connectivity index (χ0v) is 15.0. The zero-order chi connectivity index (χ0) is 17.0. The van der Waals surface area contributed by atoms with Gasteiger partial charge in [0, 0.05) is 0 Å². The predicted molar refractivity (Wildman–Crippen MR) is 86.4 cm³/mol. The molecule has 1 aliphatic rings. The molecule has 2 rings (SSSR count). The van der Waals surface area contributed by atoms with Crippen LogP contribution in [0.25, 0.3) is 6.08 Å². The quantitative estimate of drug-likeness (QED) is 0.634. The Bertz CT molecular complexity index is 533. The van der Waals surface area contributed by atoms with Crippen molar-refractivity contribution in [3.8, 4) is 0 Å². The number of aryl methyl sites for hydroxylation is 1. The van der Waals surface area contributed by atoms with E-state index in [0.29, 0.717) is 21.6 Å². The van der Waals surface area contributed by atoms with E-state index in [1.165, 1.54) is 32.0 Å². The molecule has 1 fully saturated rings. The molecule has 6 heteroatoms. The lowest BCUT2D eigenvalue weighted by molar-refractivity contribution is -0.174. The second-order valence-electron chi connectivity index (χ2n) is 5.57. The van der Waals surface area contributed by atoms with Gasteiger partial charge in [0.05, 0.1) is 23.0 Å². The summed E-state index contributed by atoms with van der Waals surface area (Å²) >= 11 is 3.17. The van der Waals surface area contributed by atoms with Crippen LogP contribution in [0.2, 0.25) is 0 Å². The number of unbranched alkanes of at least 4 members (excludes halogenated alkanes) is 1. The smallest absolute Gasteiger partial charge is 0.252 e.